The molecular formula is C12H25N3O. The van der Waals surface area contributed by atoms with Gasteiger partial charge in [-0.25, -0.2) is 0 Å². The molecule has 1 heterocycles. The zero-order chi connectivity index (χ0) is 12.2. The molecule has 4 nitrogen and oxygen atoms in total. The predicted octanol–water partition coefficient (Wildman–Crippen LogP) is 0.714. The molecule has 1 rings (SSSR count). The largest absolute Gasteiger partial charge is 0.355 e. The average Bonchev–Trinajstić information content (AvgIpc) is 2.30. The van der Waals surface area contributed by atoms with Crippen molar-refractivity contribution in [2.24, 2.45) is 5.73 Å². The highest BCUT2D eigenvalue weighted by atomic mass is 16.2. The number of nitrogens with one attached hydrogen (secondary N) is 1. The van der Waals surface area contributed by atoms with Crippen LogP contribution in [0.2, 0.25) is 0 Å². The second-order valence-electron chi connectivity index (χ2n) is 5.14. The Morgan fingerprint density at radius 1 is 1.56 bits per heavy atom. The second kappa shape index (κ2) is 5.64. The Hall–Kier alpha value is -0.610. The standard InChI is InChI=1S/C12H25N3O/c1-4-9-15-10(5-7-13)11(16)14-8-6-12(15,2)3/h10H,4-9,13H2,1-3H3,(H,14,16). The Morgan fingerprint density at radius 2 is 2.25 bits per heavy atom. The SMILES string of the molecule is CCCN1C(CCN)C(=O)NCCC1(C)C. The first kappa shape index (κ1) is 13.5. The molecule has 1 saturated heterocycles. The summed E-state index contributed by atoms with van der Waals surface area (Å²) in [5, 5.41) is 2.99. The van der Waals surface area contributed by atoms with E-state index < -0.39 is 0 Å². The van der Waals surface area contributed by atoms with Gasteiger partial charge in [0.1, 0.15) is 0 Å². The lowest BCUT2D eigenvalue weighted by molar-refractivity contribution is -0.127. The minimum atomic E-state index is -0.0533. The van der Waals surface area contributed by atoms with E-state index in [1.807, 2.05) is 0 Å². The first-order valence-electron chi connectivity index (χ1n) is 6.27. The number of nitrogens with two attached hydrogens (primary N) is 1. The summed E-state index contributed by atoms with van der Waals surface area (Å²) in [6, 6.07) is -0.0533. The summed E-state index contributed by atoms with van der Waals surface area (Å²) in [7, 11) is 0. The third-order valence-corrected chi connectivity index (χ3v) is 3.40. The van der Waals surface area contributed by atoms with E-state index in [1.165, 1.54) is 0 Å². The van der Waals surface area contributed by atoms with Gasteiger partial charge in [-0.1, -0.05) is 6.92 Å². The van der Waals surface area contributed by atoms with Crippen molar-refractivity contribution in [3.8, 4) is 0 Å². The van der Waals surface area contributed by atoms with Gasteiger partial charge in [-0.05, 0) is 46.2 Å². The Balaban J connectivity index is 2.89. The highest BCUT2D eigenvalue weighted by Crippen LogP contribution is 2.25. The minimum absolute atomic E-state index is 0.0533. The van der Waals surface area contributed by atoms with Crippen molar-refractivity contribution in [1.82, 2.24) is 10.2 Å². The fourth-order valence-electron chi connectivity index (χ4n) is 2.46. The molecule has 1 fully saturated rings. The monoisotopic (exact) mass is 227 g/mol. The first-order chi connectivity index (χ1) is 7.53. The third kappa shape index (κ3) is 2.95. The van der Waals surface area contributed by atoms with Crippen LogP contribution in [0.4, 0.5) is 0 Å². The van der Waals surface area contributed by atoms with Gasteiger partial charge in [-0.3, -0.25) is 9.69 Å². The van der Waals surface area contributed by atoms with Crippen molar-refractivity contribution in [1.29, 1.82) is 0 Å². The summed E-state index contributed by atoms with van der Waals surface area (Å²) in [4.78, 5) is 14.3. The molecule has 0 bridgehead atoms. The maximum absolute atomic E-state index is 12.0. The molecule has 0 aromatic rings. The third-order valence-electron chi connectivity index (χ3n) is 3.40. The number of nitrogens with zero attached hydrogens (tertiary/aromatic N) is 1. The van der Waals surface area contributed by atoms with Crippen LogP contribution in [0.25, 0.3) is 0 Å². The quantitative estimate of drug-likeness (QED) is 0.744. The summed E-state index contributed by atoms with van der Waals surface area (Å²) in [6.07, 6.45) is 2.81. The maximum Gasteiger partial charge on any atom is 0.237 e. The zero-order valence-corrected chi connectivity index (χ0v) is 10.8. The normalized spacial score (nSPS) is 26.2. The van der Waals surface area contributed by atoms with Gasteiger partial charge < -0.3 is 11.1 Å². The molecule has 1 aliphatic heterocycles. The number of amides is 1. The molecule has 1 atom stereocenters. The van der Waals surface area contributed by atoms with Gasteiger partial charge in [0.2, 0.25) is 5.91 Å². The fourth-order valence-corrected chi connectivity index (χ4v) is 2.46. The van der Waals surface area contributed by atoms with Gasteiger partial charge in [-0.15, -0.1) is 0 Å². The van der Waals surface area contributed by atoms with Gasteiger partial charge >= 0.3 is 0 Å². The zero-order valence-electron chi connectivity index (χ0n) is 10.8. The Bertz CT molecular complexity index is 240. The van der Waals surface area contributed by atoms with Crippen LogP contribution < -0.4 is 11.1 Å². The summed E-state index contributed by atoms with van der Waals surface area (Å²) in [5.41, 5.74) is 5.69. The molecule has 1 amide bonds. The van der Waals surface area contributed by atoms with E-state index in [1.54, 1.807) is 0 Å². The average molecular weight is 227 g/mol. The van der Waals surface area contributed by atoms with E-state index in [-0.39, 0.29) is 17.5 Å². The summed E-state index contributed by atoms with van der Waals surface area (Å²) in [5.74, 6) is 0.143. The number of hydrogen-bond acceptors (Lipinski definition) is 3. The lowest BCUT2D eigenvalue weighted by atomic mass is 9.95. The molecular weight excluding hydrogens is 202 g/mol. The number of hydrogen-bond donors (Lipinski definition) is 2. The Labute approximate surface area is 98.6 Å². The Kier molecular flexibility index (Phi) is 4.74. The van der Waals surface area contributed by atoms with Crippen LogP contribution >= 0.6 is 0 Å². The number of rotatable bonds is 4. The smallest absolute Gasteiger partial charge is 0.237 e. The number of carbonyl (C=O) groups is 1. The highest BCUT2D eigenvalue weighted by Gasteiger charge is 2.37. The van der Waals surface area contributed by atoms with Crippen LogP contribution in [0.1, 0.15) is 40.0 Å². The van der Waals surface area contributed by atoms with Gasteiger partial charge in [-0.2, -0.15) is 0 Å². The van der Waals surface area contributed by atoms with Crippen LogP contribution in [0.3, 0.4) is 0 Å². The molecule has 0 radical (unpaired) electrons. The summed E-state index contributed by atoms with van der Waals surface area (Å²) < 4.78 is 0. The van der Waals surface area contributed by atoms with Gasteiger partial charge in [0.05, 0.1) is 6.04 Å². The van der Waals surface area contributed by atoms with Crippen molar-refractivity contribution in [3.05, 3.63) is 0 Å². The number of carbonyl (C=O) groups excluding carboxylic acids is 1. The molecule has 0 saturated carbocycles. The molecule has 4 heteroatoms. The molecule has 0 aliphatic carbocycles. The molecule has 1 unspecified atom stereocenters. The van der Waals surface area contributed by atoms with Crippen LogP contribution in [0.5, 0.6) is 0 Å². The van der Waals surface area contributed by atoms with Gasteiger partial charge in [0.15, 0.2) is 0 Å². The predicted molar refractivity (Wildman–Crippen MR) is 66.2 cm³/mol. The van der Waals surface area contributed by atoms with E-state index in [0.717, 1.165) is 32.4 Å². The summed E-state index contributed by atoms with van der Waals surface area (Å²) >= 11 is 0. The fraction of sp³-hybridized carbons (Fsp3) is 0.917. The minimum Gasteiger partial charge on any atom is -0.355 e. The molecule has 3 N–H and O–H groups in total. The van der Waals surface area contributed by atoms with E-state index >= 15 is 0 Å². The van der Waals surface area contributed by atoms with Crippen LogP contribution in [-0.2, 0) is 4.79 Å². The molecule has 16 heavy (non-hydrogen) atoms. The molecule has 94 valence electrons. The lowest BCUT2D eigenvalue weighted by Crippen LogP contribution is -2.53. The van der Waals surface area contributed by atoms with Crippen LogP contribution in [-0.4, -0.2) is 42.0 Å². The van der Waals surface area contributed by atoms with Crippen LogP contribution in [0.15, 0.2) is 0 Å². The lowest BCUT2D eigenvalue weighted by Gasteiger charge is -2.40. The van der Waals surface area contributed by atoms with Crippen molar-refractivity contribution >= 4 is 5.91 Å². The molecule has 0 spiro atoms. The van der Waals surface area contributed by atoms with Crippen LogP contribution in [0, 0.1) is 0 Å². The van der Waals surface area contributed by atoms with Crippen molar-refractivity contribution < 1.29 is 4.79 Å². The molecule has 0 aromatic carbocycles. The van der Waals surface area contributed by atoms with Gasteiger partial charge in [0, 0.05) is 12.1 Å². The van der Waals surface area contributed by atoms with Crippen molar-refractivity contribution in [3.63, 3.8) is 0 Å². The molecule has 0 aromatic heterocycles. The van der Waals surface area contributed by atoms with Crippen molar-refractivity contribution in [2.45, 2.75) is 51.6 Å². The first-order valence-corrected chi connectivity index (χ1v) is 6.27. The van der Waals surface area contributed by atoms with E-state index in [0.29, 0.717) is 6.54 Å². The maximum atomic E-state index is 12.0. The van der Waals surface area contributed by atoms with E-state index in [4.69, 9.17) is 5.73 Å². The Morgan fingerprint density at radius 3 is 2.81 bits per heavy atom. The van der Waals surface area contributed by atoms with Crippen molar-refractivity contribution in [2.75, 3.05) is 19.6 Å². The summed E-state index contributed by atoms with van der Waals surface area (Å²) in [6.45, 7) is 8.88. The van der Waals surface area contributed by atoms with Gasteiger partial charge in [0.25, 0.3) is 0 Å². The van der Waals surface area contributed by atoms with E-state index in [2.05, 4.69) is 31.0 Å². The highest BCUT2D eigenvalue weighted by molar-refractivity contribution is 5.82. The molecule has 1 aliphatic rings. The van der Waals surface area contributed by atoms with E-state index in [9.17, 15) is 4.79 Å². The second-order valence-corrected chi connectivity index (χ2v) is 5.14. The topological polar surface area (TPSA) is 58.4 Å².